The zero-order valence-electron chi connectivity index (χ0n) is 25.4. The Bertz CT molecular complexity index is 1860. The van der Waals surface area contributed by atoms with Gasteiger partial charge < -0.3 is 34.7 Å². The van der Waals surface area contributed by atoms with Gasteiger partial charge in [-0.3, -0.25) is 13.9 Å². The lowest BCUT2D eigenvalue weighted by atomic mass is 9.95. The Labute approximate surface area is 263 Å². The molecule has 4 aromatic rings. The average molecular weight is 655 g/mol. The van der Waals surface area contributed by atoms with Crippen LogP contribution in [0, 0.1) is 0 Å². The van der Waals surface area contributed by atoms with Crippen LogP contribution in [-0.2, 0) is 23.4 Å². The Balaban J connectivity index is 1.17. The molecule has 0 spiro atoms. The number of aliphatic hydroxyl groups is 2. The van der Waals surface area contributed by atoms with Gasteiger partial charge in [0.25, 0.3) is 0 Å². The number of fused-ring (bicyclic) bond motifs is 3. The van der Waals surface area contributed by atoms with Crippen LogP contribution in [0.3, 0.4) is 0 Å². The van der Waals surface area contributed by atoms with Gasteiger partial charge in [0.1, 0.15) is 35.7 Å². The number of imidazole rings is 1. The van der Waals surface area contributed by atoms with Crippen molar-refractivity contribution in [3.63, 3.8) is 0 Å². The third kappa shape index (κ3) is 4.98. The fourth-order valence-corrected chi connectivity index (χ4v) is 8.15. The quantitative estimate of drug-likeness (QED) is 0.144. The van der Waals surface area contributed by atoms with Crippen molar-refractivity contribution >= 4 is 41.6 Å². The molecule has 2 aromatic heterocycles. The Morgan fingerprint density at radius 1 is 1.17 bits per heavy atom. The fraction of sp³-hybridized carbons (Fsp3) is 0.467. The predicted molar refractivity (Wildman–Crippen MR) is 164 cm³/mol. The number of rotatable bonds is 10. The lowest BCUT2D eigenvalue weighted by Gasteiger charge is -2.33. The minimum Gasteiger partial charge on any atom is -0.479 e. The molecule has 7 rings (SSSR count). The highest BCUT2D eigenvalue weighted by Crippen LogP contribution is 2.65. The molecule has 16 heteroatoms. The van der Waals surface area contributed by atoms with Crippen molar-refractivity contribution in [2.24, 2.45) is 0 Å². The molecule has 0 radical (unpaired) electrons. The largest absolute Gasteiger partial charge is 0.479 e. The lowest BCUT2D eigenvalue weighted by molar-refractivity contribution is -0.155. The number of methoxy groups -OCH3 is 1. The number of benzene rings is 2. The van der Waals surface area contributed by atoms with Crippen molar-refractivity contribution in [1.82, 2.24) is 24.6 Å². The van der Waals surface area contributed by atoms with Gasteiger partial charge >= 0.3 is 13.7 Å². The molecule has 1 aliphatic heterocycles. The number of anilines is 1. The van der Waals surface area contributed by atoms with Crippen LogP contribution < -0.4 is 20.1 Å². The van der Waals surface area contributed by atoms with E-state index in [0.29, 0.717) is 5.39 Å². The van der Waals surface area contributed by atoms with Gasteiger partial charge in [0.2, 0.25) is 11.8 Å². The molecule has 2 saturated carbocycles. The van der Waals surface area contributed by atoms with Crippen LogP contribution in [0.2, 0.25) is 0 Å². The smallest absolute Gasteiger partial charge is 0.459 e. The van der Waals surface area contributed by atoms with Crippen LogP contribution in [0.5, 0.6) is 11.6 Å². The van der Waals surface area contributed by atoms with Crippen molar-refractivity contribution in [1.29, 1.82) is 0 Å². The molecule has 46 heavy (non-hydrogen) atoms. The standard InChI is InChI=1S/C30H35N6O9P/c1-16(26(37)42-18-11-5-6-12-18)35-46(40,44-20-14-8-10-17-9-4-7-13-19(17)20)45-23-22-30(23,39)29(2,38)27(43-22)36-15-32-21-24(36)33-28(31)34-25(21)41-3/h4,7-10,13-16,18,22-23,27,38-39H,5-6,11-12H2,1-3H3,(H,35,40)(H2,31,33,34). The number of nitrogens with two attached hydrogens (primary N) is 1. The summed E-state index contributed by atoms with van der Waals surface area (Å²) in [6.45, 7) is 2.86. The summed E-state index contributed by atoms with van der Waals surface area (Å²) in [4.78, 5) is 25.5. The van der Waals surface area contributed by atoms with Gasteiger partial charge in [0, 0.05) is 5.39 Å². The van der Waals surface area contributed by atoms with Crippen LogP contribution in [0.1, 0.15) is 45.8 Å². The monoisotopic (exact) mass is 654 g/mol. The number of aromatic nitrogens is 4. The van der Waals surface area contributed by atoms with Gasteiger partial charge in [-0.15, -0.1) is 0 Å². The Hall–Kier alpha value is -3.85. The number of carbonyl (C=O) groups excluding carboxylic acids is 1. The number of carbonyl (C=O) groups is 1. The average Bonchev–Trinajstić information content (AvgIpc) is 3.46. The summed E-state index contributed by atoms with van der Waals surface area (Å²) in [5.74, 6) is -0.349. The predicted octanol–water partition coefficient (Wildman–Crippen LogP) is 3.00. The van der Waals surface area contributed by atoms with Crippen molar-refractivity contribution in [3.05, 3.63) is 48.8 Å². The first-order valence-electron chi connectivity index (χ1n) is 15.0. The van der Waals surface area contributed by atoms with Crippen molar-refractivity contribution < 1.29 is 42.8 Å². The SMILES string of the molecule is COc1nc(N)nc2c1ncn2C1OC2C(OP(=O)(NC(C)C(=O)OC3CCCC3)Oc3cccc4ccccc34)C2(O)C1(C)O. The van der Waals surface area contributed by atoms with Gasteiger partial charge in [-0.05, 0) is 51.0 Å². The number of hydrogen-bond acceptors (Lipinski definition) is 13. The minimum absolute atomic E-state index is 0.0907. The second-order valence-electron chi connectivity index (χ2n) is 12.1. The van der Waals surface area contributed by atoms with E-state index in [0.717, 1.165) is 31.1 Å². The van der Waals surface area contributed by atoms with Crippen LogP contribution in [0.15, 0.2) is 48.8 Å². The Morgan fingerprint density at radius 2 is 1.91 bits per heavy atom. The summed E-state index contributed by atoms with van der Waals surface area (Å²) in [5, 5.41) is 27.7. The first-order valence-corrected chi connectivity index (χ1v) is 16.6. The summed E-state index contributed by atoms with van der Waals surface area (Å²) in [5.41, 5.74) is 2.28. The third-order valence-electron chi connectivity index (χ3n) is 8.96. The number of nitrogens with zero attached hydrogens (tertiary/aromatic N) is 4. The van der Waals surface area contributed by atoms with Gasteiger partial charge in [-0.25, -0.2) is 9.55 Å². The number of ether oxygens (including phenoxy) is 3. The molecule has 7 atom stereocenters. The Morgan fingerprint density at radius 3 is 2.63 bits per heavy atom. The third-order valence-corrected chi connectivity index (χ3v) is 10.6. The highest BCUT2D eigenvalue weighted by Gasteiger charge is 2.84. The molecule has 0 bridgehead atoms. The number of nitrogen functional groups attached to an aromatic ring is 1. The second-order valence-corrected chi connectivity index (χ2v) is 13.7. The normalized spacial score (nSPS) is 29.4. The molecule has 0 amide bonds. The molecule has 3 heterocycles. The minimum atomic E-state index is -4.46. The highest BCUT2D eigenvalue weighted by molar-refractivity contribution is 7.52. The van der Waals surface area contributed by atoms with Crippen LogP contribution >= 0.6 is 7.75 Å². The van der Waals surface area contributed by atoms with E-state index in [1.54, 1.807) is 18.2 Å². The number of nitrogens with one attached hydrogen (secondary N) is 1. The van der Waals surface area contributed by atoms with E-state index in [1.807, 2.05) is 24.3 Å². The maximum absolute atomic E-state index is 14.5. The summed E-state index contributed by atoms with van der Waals surface area (Å²) in [6, 6.07) is 11.5. The van der Waals surface area contributed by atoms with Crippen LogP contribution in [0.25, 0.3) is 21.9 Å². The maximum Gasteiger partial charge on any atom is 0.459 e. The van der Waals surface area contributed by atoms with E-state index in [9.17, 15) is 19.6 Å². The molecule has 1 saturated heterocycles. The van der Waals surface area contributed by atoms with Crippen LogP contribution in [-0.4, -0.2) is 78.4 Å². The number of esters is 1. The van der Waals surface area contributed by atoms with E-state index in [-0.39, 0.29) is 34.8 Å². The summed E-state index contributed by atoms with van der Waals surface area (Å²) in [7, 11) is -3.05. The first-order chi connectivity index (χ1) is 21.9. The van der Waals surface area contributed by atoms with Crippen LogP contribution in [0.4, 0.5) is 5.95 Å². The second kappa shape index (κ2) is 11.1. The molecular weight excluding hydrogens is 619 g/mol. The fourth-order valence-electron chi connectivity index (χ4n) is 6.42. The zero-order chi connectivity index (χ0) is 32.4. The van der Waals surface area contributed by atoms with E-state index in [1.165, 1.54) is 31.9 Å². The molecular formula is C30H35N6O9P. The summed E-state index contributed by atoms with van der Waals surface area (Å²) >= 11 is 0. The molecule has 244 valence electrons. The van der Waals surface area contributed by atoms with E-state index in [4.69, 9.17) is 29.0 Å². The van der Waals surface area contributed by atoms with Crippen molar-refractivity contribution in [2.45, 2.75) is 81.3 Å². The van der Waals surface area contributed by atoms with Crippen molar-refractivity contribution in [3.8, 4) is 11.6 Å². The van der Waals surface area contributed by atoms with Gasteiger partial charge in [0.15, 0.2) is 23.0 Å². The molecule has 2 aromatic carbocycles. The topological polar surface area (TPSA) is 202 Å². The van der Waals surface area contributed by atoms with Gasteiger partial charge in [-0.1, -0.05) is 36.4 Å². The molecule has 3 aliphatic rings. The first kappa shape index (κ1) is 30.8. The molecule has 2 aliphatic carbocycles. The molecule has 3 fully saturated rings. The van der Waals surface area contributed by atoms with Gasteiger partial charge in [-0.2, -0.15) is 15.1 Å². The zero-order valence-corrected chi connectivity index (χ0v) is 26.3. The highest BCUT2D eigenvalue weighted by atomic mass is 31.2. The maximum atomic E-state index is 14.5. The molecule has 5 N–H and O–H groups in total. The molecule has 7 unspecified atom stereocenters. The lowest BCUT2D eigenvalue weighted by Crippen LogP contribution is -2.49. The summed E-state index contributed by atoms with van der Waals surface area (Å²) < 4.78 is 44.9. The van der Waals surface area contributed by atoms with E-state index >= 15 is 0 Å². The van der Waals surface area contributed by atoms with Crippen molar-refractivity contribution in [2.75, 3.05) is 12.8 Å². The number of hydrogen-bond donors (Lipinski definition) is 4. The van der Waals surface area contributed by atoms with E-state index < -0.39 is 49.4 Å². The van der Waals surface area contributed by atoms with E-state index in [2.05, 4.69) is 20.0 Å². The van der Waals surface area contributed by atoms with Gasteiger partial charge in [0.05, 0.1) is 13.4 Å². The summed E-state index contributed by atoms with van der Waals surface area (Å²) in [6.07, 6.45) is 0.971. The molecule has 15 nitrogen and oxygen atoms in total. The Kier molecular flexibility index (Phi) is 7.46.